The van der Waals surface area contributed by atoms with Gasteiger partial charge in [0, 0.05) is 19.7 Å². The van der Waals surface area contributed by atoms with Crippen molar-refractivity contribution in [2.45, 2.75) is 6.61 Å². The first-order valence-corrected chi connectivity index (χ1v) is 8.61. The molecule has 0 saturated heterocycles. The fourth-order valence-corrected chi connectivity index (χ4v) is 2.31. The largest absolute Gasteiger partial charge is 0.389 e. The van der Waals surface area contributed by atoms with E-state index in [2.05, 4.69) is 31.0 Å². The van der Waals surface area contributed by atoms with E-state index in [1.807, 2.05) is 30.3 Å². The highest BCUT2D eigenvalue weighted by Gasteiger charge is 2.15. The van der Waals surface area contributed by atoms with Gasteiger partial charge in [0.2, 0.25) is 5.82 Å². The second kappa shape index (κ2) is 9.37. The van der Waals surface area contributed by atoms with Crippen LogP contribution in [-0.4, -0.2) is 56.2 Å². The third-order valence-corrected chi connectivity index (χ3v) is 3.85. The van der Waals surface area contributed by atoms with Crippen LogP contribution in [0.5, 0.6) is 0 Å². The smallest absolute Gasteiger partial charge is 0.346 e. The molecule has 3 aromatic rings. The Kier molecular flexibility index (Phi) is 6.43. The molecule has 11 heteroatoms. The number of aryl methyl sites for hydroxylation is 1. The van der Waals surface area contributed by atoms with E-state index in [0.29, 0.717) is 23.0 Å². The van der Waals surface area contributed by atoms with Crippen LogP contribution >= 0.6 is 0 Å². The van der Waals surface area contributed by atoms with Crippen LogP contribution in [0.25, 0.3) is 0 Å². The number of benzene rings is 1. The Bertz CT molecular complexity index is 990. The summed E-state index contributed by atoms with van der Waals surface area (Å²) in [4.78, 5) is 26.5. The summed E-state index contributed by atoms with van der Waals surface area (Å²) in [5.41, 5.74) is 1.88. The number of rotatable bonds is 7. The fraction of sp³-hybridized carbons (Fsp3) is 0.222. The maximum atomic E-state index is 11.9. The molecule has 0 saturated carbocycles. The zero-order valence-corrected chi connectivity index (χ0v) is 16.2. The Morgan fingerprint density at radius 2 is 2.00 bits per heavy atom. The van der Waals surface area contributed by atoms with E-state index in [0.717, 1.165) is 10.6 Å². The van der Waals surface area contributed by atoms with Crippen LogP contribution in [0.3, 0.4) is 0 Å². The summed E-state index contributed by atoms with van der Waals surface area (Å²) < 4.78 is 1.51. The maximum Gasteiger partial charge on any atom is 0.346 e. The van der Waals surface area contributed by atoms with Gasteiger partial charge >= 0.3 is 6.03 Å². The molecule has 0 radical (unpaired) electrons. The SMILES string of the molecule is CON(C)C(=O)Nc1cccc(CO/N=C(/c2ccccc2)c2nnnn2C)n1. The standard InChI is InChI=1S/C18H20N8O3/c1-25-17(21-23-24-25)16(13-8-5-4-6-9-13)22-29-12-14-10-7-11-15(19-14)20-18(27)26(2)28-3/h4-11H,12H2,1-3H3,(H,19,20,27)/b22-16-. The lowest BCUT2D eigenvalue weighted by Crippen LogP contribution is -2.30. The number of pyridine rings is 1. The van der Waals surface area contributed by atoms with Gasteiger partial charge in [-0.15, -0.1) is 5.10 Å². The lowest BCUT2D eigenvalue weighted by atomic mass is 10.1. The number of hydrogen-bond acceptors (Lipinski definition) is 8. The zero-order valence-electron chi connectivity index (χ0n) is 16.2. The van der Waals surface area contributed by atoms with Gasteiger partial charge in [-0.2, -0.15) is 0 Å². The Morgan fingerprint density at radius 3 is 2.69 bits per heavy atom. The number of tetrazole rings is 1. The number of urea groups is 1. The van der Waals surface area contributed by atoms with Gasteiger partial charge in [-0.25, -0.2) is 19.5 Å². The first kappa shape index (κ1) is 19.9. The Hall–Kier alpha value is -3.86. The second-order valence-electron chi connectivity index (χ2n) is 5.83. The number of hydrogen-bond donors (Lipinski definition) is 1. The molecular formula is C18H20N8O3. The average molecular weight is 396 g/mol. The third kappa shape index (κ3) is 5.11. The second-order valence-corrected chi connectivity index (χ2v) is 5.83. The van der Waals surface area contributed by atoms with Crippen molar-refractivity contribution in [1.29, 1.82) is 0 Å². The van der Waals surface area contributed by atoms with Crippen molar-refractivity contribution in [3.05, 3.63) is 65.6 Å². The minimum atomic E-state index is -0.447. The van der Waals surface area contributed by atoms with Crippen LogP contribution < -0.4 is 5.32 Å². The zero-order chi connectivity index (χ0) is 20.6. The predicted molar refractivity (Wildman–Crippen MR) is 104 cm³/mol. The van der Waals surface area contributed by atoms with Crippen molar-refractivity contribution in [3.63, 3.8) is 0 Å². The van der Waals surface area contributed by atoms with Crippen LogP contribution in [0.4, 0.5) is 10.6 Å². The van der Waals surface area contributed by atoms with Crippen molar-refractivity contribution >= 4 is 17.6 Å². The van der Waals surface area contributed by atoms with Gasteiger partial charge in [0.1, 0.15) is 5.82 Å². The average Bonchev–Trinajstić information content (AvgIpc) is 3.17. The Morgan fingerprint density at radius 1 is 1.21 bits per heavy atom. The molecule has 0 fully saturated rings. The fourth-order valence-electron chi connectivity index (χ4n) is 2.31. The monoisotopic (exact) mass is 396 g/mol. The van der Waals surface area contributed by atoms with E-state index in [1.54, 1.807) is 25.2 Å². The summed E-state index contributed by atoms with van der Waals surface area (Å²) >= 11 is 0. The van der Waals surface area contributed by atoms with Gasteiger partial charge < -0.3 is 4.84 Å². The highest BCUT2D eigenvalue weighted by molar-refractivity contribution is 6.10. The number of oxime groups is 1. The maximum absolute atomic E-state index is 11.9. The van der Waals surface area contributed by atoms with Crippen LogP contribution in [0, 0.1) is 0 Å². The molecule has 29 heavy (non-hydrogen) atoms. The number of nitrogens with zero attached hydrogens (tertiary/aromatic N) is 7. The topological polar surface area (TPSA) is 120 Å². The van der Waals surface area contributed by atoms with Crippen molar-refractivity contribution in [2.75, 3.05) is 19.5 Å². The molecule has 2 amide bonds. The van der Waals surface area contributed by atoms with E-state index in [1.165, 1.54) is 18.8 Å². The molecule has 0 aliphatic carbocycles. The predicted octanol–water partition coefficient (Wildman–Crippen LogP) is 1.60. The van der Waals surface area contributed by atoms with Crippen molar-refractivity contribution in [2.24, 2.45) is 12.2 Å². The van der Waals surface area contributed by atoms with E-state index in [9.17, 15) is 4.79 Å². The number of amides is 2. The molecule has 0 aliphatic heterocycles. The third-order valence-electron chi connectivity index (χ3n) is 3.85. The molecule has 2 aromatic heterocycles. The van der Waals surface area contributed by atoms with Crippen molar-refractivity contribution in [1.82, 2.24) is 30.3 Å². The summed E-state index contributed by atoms with van der Waals surface area (Å²) in [7, 11) is 4.61. The molecule has 3 rings (SSSR count). The molecule has 11 nitrogen and oxygen atoms in total. The molecule has 0 aliphatic rings. The molecule has 150 valence electrons. The Balaban J connectivity index is 1.74. The minimum Gasteiger partial charge on any atom is -0.389 e. The quantitative estimate of drug-likeness (QED) is 0.476. The highest BCUT2D eigenvalue weighted by atomic mass is 16.7. The van der Waals surface area contributed by atoms with E-state index in [4.69, 9.17) is 9.68 Å². The summed E-state index contributed by atoms with van der Waals surface area (Å²) in [6, 6.07) is 14.2. The molecule has 0 atom stereocenters. The van der Waals surface area contributed by atoms with E-state index in [-0.39, 0.29) is 6.61 Å². The lowest BCUT2D eigenvalue weighted by Gasteiger charge is -2.14. The summed E-state index contributed by atoms with van der Waals surface area (Å²) in [5, 5.41) is 19.4. The number of anilines is 1. The minimum absolute atomic E-state index is 0.0887. The number of carbonyl (C=O) groups excluding carboxylic acids is 1. The Labute approximate surface area is 166 Å². The van der Waals surface area contributed by atoms with Gasteiger partial charge in [0.05, 0.1) is 12.8 Å². The molecule has 0 unspecified atom stereocenters. The summed E-state index contributed by atoms with van der Waals surface area (Å²) in [6.45, 7) is 0.0887. The van der Waals surface area contributed by atoms with Gasteiger partial charge in [0.15, 0.2) is 12.3 Å². The molecule has 0 spiro atoms. The van der Waals surface area contributed by atoms with Crippen LogP contribution in [-0.2, 0) is 23.3 Å². The summed E-state index contributed by atoms with van der Waals surface area (Å²) in [6.07, 6.45) is 0. The highest BCUT2D eigenvalue weighted by Crippen LogP contribution is 2.10. The van der Waals surface area contributed by atoms with Gasteiger partial charge in [-0.3, -0.25) is 10.2 Å². The van der Waals surface area contributed by atoms with Crippen molar-refractivity contribution < 1.29 is 14.5 Å². The van der Waals surface area contributed by atoms with Crippen LogP contribution in [0.1, 0.15) is 17.1 Å². The molecule has 0 bridgehead atoms. The molecule has 2 heterocycles. The van der Waals surface area contributed by atoms with Gasteiger partial charge in [-0.1, -0.05) is 41.6 Å². The molecule has 1 aromatic carbocycles. The number of aromatic nitrogens is 5. The molecular weight excluding hydrogens is 376 g/mol. The first-order chi connectivity index (χ1) is 14.1. The van der Waals surface area contributed by atoms with Crippen LogP contribution in [0.15, 0.2) is 53.7 Å². The van der Waals surface area contributed by atoms with Gasteiger partial charge in [-0.05, 0) is 22.6 Å². The lowest BCUT2D eigenvalue weighted by molar-refractivity contribution is -0.0598. The van der Waals surface area contributed by atoms with E-state index >= 15 is 0 Å². The van der Waals surface area contributed by atoms with Crippen LogP contribution in [0.2, 0.25) is 0 Å². The number of nitrogens with one attached hydrogen (secondary N) is 1. The number of hydroxylamine groups is 2. The van der Waals surface area contributed by atoms with Gasteiger partial charge in [0.25, 0.3) is 0 Å². The first-order valence-electron chi connectivity index (χ1n) is 8.61. The normalized spacial score (nSPS) is 11.2. The number of carbonyl (C=O) groups is 1. The van der Waals surface area contributed by atoms with E-state index < -0.39 is 6.03 Å². The molecule has 1 N–H and O–H groups in total. The summed E-state index contributed by atoms with van der Waals surface area (Å²) in [5.74, 6) is 0.831. The van der Waals surface area contributed by atoms with Crippen molar-refractivity contribution in [3.8, 4) is 0 Å².